The minimum absolute atomic E-state index is 0.454. The number of rotatable bonds is 3. The molecule has 0 amide bonds. The van der Waals surface area contributed by atoms with E-state index in [2.05, 4.69) is 90.0 Å². The first-order valence-corrected chi connectivity index (χ1v) is 17.6. The molecule has 5 rings (SSSR count). The summed E-state index contributed by atoms with van der Waals surface area (Å²) >= 11 is 0. The zero-order valence-electron chi connectivity index (χ0n) is 28.1. The molecule has 0 N–H and O–H groups in total. The largest absolute Gasteiger partial charge is 0.0625 e. The monoisotopic (exact) mass is 525 g/mol. The van der Waals surface area contributed by atoms with Gasteiger partial charge in [-0.05, 0) is 144 Å². The van der Waals surface area contributed by atoms with Gasteiger partial charge in [0.25, 0.3) is 0 Å². The van der Waals surface area contributed by atoms with E-state index in [-0.39, 0.29) is 0 Å². The van der Waals surface area contributed by atoms with Gasteiger partial charge in [0.1, 0.15) is 0 Å². The molecule has 0 bridgehead atoms. The Morgan fingerprint density at radius 3 is 1.89 bits per heavy atom. The molecule has 16 unspecified atom stereocenters. The molecule has 5 fully saturated rings. The Bertz CT molecular complexity index is 854. The van der Waals surface area contributed by atoms with E-state index in [0.717, 1.165) is 88.8 Å². The van der Waals surface area contributed by atoms with Crippen LogP contribution in [0.2, 0.25) is 0 Å². The Hall–Kier alpha value is 0. The van der Waals surface area contributed by atoms with Crippen molar-refractivity contribution in [3.05, 3.63) is 0 Å². The molecule has 0 aliphatic heterocycles. The molecule has 0 radical (unpaired) electrons. The van der Waals surface area contributed by atoms with Crippen LogP contribution in [0.5, 0.6) is 0 Å². The summed E-state index contributed by atoms with van der Waals surface area (Å²) < 4.78 is 0. The van der Waals surface area contributed by atoms with Crippen LogP contribution in [0.1, 0.15) is 135 Å². The normalized spacial score (nSPS) is 59.0. The van der Waals surface area contributed by atoms with Crippen LogP contribution in [0.25, 0.3) is 0 Å². The van der Waals surface area contributed by atoms with Gasteiger partial charge >= 0.3 is 0 Å². The zero-order chi connectivity index (χ0) is 28.1. The lowest BCUT2D eigenvalue weighted by Gasteiger charge is -2.73. The average Bonchev–Trinajstić information content (AvgIpc) is 3.21. The second-order valence-electron chi connectivity index (χ2n) is 18.4. The molecule has 0 spiro atoms. The van der Waals surface area contributed by atoms with Gasteiger partial charge in [0.2, 0.25) is 0 Å². The molecule has 0 aromatic heterocycles. The maximum absolute atomic E-state index is 2.81. The highest BCUT2D eigenvalue weighted by molar-refractivity contribution is 5.17. The van der Waals surface area contributed by atoms with E-state index < -0.39 is 0 Å². The Morgan fingerprint density at radius 1 is 0.684 bits per heavy atom. The van der Waals surface area contributed by atoms with Crippen molar-refractivity contribution in [3.63, 3.8) is 0 Å². The van der Waals surface area contributed by atoms with E-state index in [1.165, 1.54) is 38.5 Å². The minimum atomic E-state index is 0.454. The third kappa shape index (κ3) is 4.08. The molecule has 5 saturated carbocycles. The Kier molecular flexibility index (Phi) is 7.59. The van der Waals surface area contributed by atoms with Crippen molar-refractivity contribution in [2.24, 2.45) is 105 Å². The third-order valence-corrected chi connectivity index (χ3v) is 16.1. The highest BCUT2D eigenvalue weighted by atomic mass is 14.7. The first-order chi connectivity index (χ1) is 17.6. The van der Waals surface area contributed by atoms with Crippen molar-refractivity contribution in [1.29, 1.82) is 0 Å². The van der Waals surface area contributed by atoms with E-state index in [0.29, 0.717) is 16.2 Å². The summed E-state index contributed by atoms with van der Waals surface area (Å²) in [6.45, 7) is 34.7. The highest BCUT2D eigenvalue weighted by Crippen LogP contribution is 2.75. The smallest absolute Gasteiger partial charge is 0.0215 e. The van der Waals surface area contributed by atoms with Crippen molar-refractivity contribution >= 4 is 0 Å². The second kappa shape index (κ2) is 9.79. The standard InChI is InChI=1S/C38H68/c1-21(2)30-17-31(29-15-14-23(5)16-29)25(7)34-26(8)35-28(10)38(13)27(9)33(22(3)4)24(6)18-37(38,12)20-36(35,11)19-32(30)34/h21-35H,14-20H2,1-13H3. The SMILES string of the molecule is CC1CCC(C2CC(C(C)C)C3CC4(C)CC5(C)CC(C)C(C(C)C)C(C)C5(C)C(C)C4C(C)C3C2C)C1. The molecule has 0 heteroatoms. The van der Waals surface area contributed by atoms with Crippen molar-refractivity contribution in [2.45, 2.75) is 135 Å². The lowest BCUT2D eigenvalue weighted by molar-refractivity contribution is -0.251. The fourth-order valence-electron chi connectivity index (χ4n) is 14.9. The molecular weight excluding hydrogens is 456 g/mol. The topological polar surface area (TPSA) is 0 Å². The van der Waals surface area contributed by atoms with Crippen molar-refractivity contribution in [3.8, 4) is 0 Å². The van der Waals surface area contributed by atoms with Crippen LogP contribution < -0.4 is 0 Å². The van der Waals surface area contributed by atoms with Crippen LogP contribution in [0.15, 0.2) is 0 Å². The molecule has 0 aromatic rings. The number of hydrogen-bond acceptors (Lipinski definition) is 0. The molecule has 38 heavy (non-hydrogen) atoms. The summed E-state index contributed by atoms with van der Waals surface area (Å²) in [7, 11) is 0. The van der Waals surface area contributed by atoms with Crippen molar-refractivity contribution in [1.82, 2.24) is 0 Å². The van der Waals surface area contributed by atoms with Crippen LogP contribution in [0, 0.1) is 105 Å². The average molecular weight is 525 g/mol. The quantitative estimate of drug-likeness (QED) is 0.344. The lowest BCUT2D eigenvalue weighted by Crippen LogP contribution is -2.67. The number of fused-ring (bicyclic) bond motifs is 3. The van der Waals surface area contributed by atoms with E-state index in [1.807, 2.05) is 0 Å². The first-order valence-electron chi connectivity index (χ1n) is 17.6. The summed E-state index contributed by atoms with van der Waals surface area (Å²) in [6, 6.07) is 0. The van der Waals surface area contributed by atoms with Crippen LogP contribution >= 0.6 is 0 Å². The summed E-state index contributed by atoms with van der Waals surface area (Å²) in [4.78, 5) is 0. The summed E-state index contributed by atoms with van der Waals surface area (Å²) in [5.74, 6) is 13.5. The van der Waals surface area contributed by atoms with Gasteiger partial charge in [-0.2, -0.15) is 0 Å². The van der Waals surface area contributed by atoms with E-state index in [1.54, 1.807) is 6.42 Å². The van der Waals surface area contributed by atoms with Gasteiger partial charge in [-0.15, -0.1) is 0 Å². The van der Waals surface area contributed by atoms with Crippen molar-refractivity contribution in [2.75, 3.05) is 0 Å². The maximum Gasteiger partial charge on any atom is -0.0215 e. The van der Waals surface area contributed by atoms with E-state index in [4.69, 9.17) is 0 Å². The van der Waals surface area contributed by atoms with Crippen LogP contribution in [-0.2, 0) is 0 Å². The van der Waals surface area contributed by atoms with E-state index in [9.17, 15) is 0 Å². The predicted molar refractivity (Wildman–Crippen MR) is 166 cm³/mol. The van der Waals surface area contributed by atoms with Gasteiger partial charge < -0.3 is 0 Å². The summed E-state index contributed by atoms with van der Waals surface area (Å²) in [5, 5.41) is 0. The maximum atomic E-state index is 2.81. The number of hydrogen-bond donors (Lipinski definition) is 0. The van der Waals surface area contributed by atoms with Gasteiger partial charge in [0, 0.05) is 0 Å². The predicted octanol–water partition coefficient (Wildman–Crippen LogP) is 11.2. The third-order valence-electron chi connectivity index (χ3n) is 16.1. The van der Waals surface area contributed by atoms with Crippen LogP contribution in [0.3, 0.4) is 0 Å². The Balaban J connectivity index is 1.54. The van der Waals surface area contributed by atoms with Gasteiger partial charge in [-0.1, -0.05) is 96.4 Å². The molecule has 16 atom stereocenters. The highest BCUT2D eigenvalue weighted by Gasteiger charge is 2.69. The van der Waals surface area contributed by atoms with Gasteiger partial charge in [-0.3, -0.25) is 0 Å². The van der Waals surface area contributed by atoms with Crippen LogP contribution in [-0.4, -0.2) is 0 Å². The minimum Gasteiger partial charge on any atom is -0.0625 e. The molecule has 5 aliphatic rings. The zero-order valence-corrected chi connectivity index (χ0v) is 28.1. The molecule has 220 valence electrons. The molecular formula is C38H68. The molecule has 0 heterocycles. The summed E-state index contributed by atoms with van der Waals surface area (Å²) in [6.07, 6.45) is 10.5. The fourth-order valence-corrected chi connectivity index (χ4v) is 14.9. The van der Waals surface area contributed by atoms with Gasteiger partial charge in [0.15, 0.2) is 0 Å². The Morgan fingerprint density at radius 2 is 1.34 bits per heavy atom. The van der Waals surface area contributed by atoms with Crippen molar-refractivity contribution < 1.29 is 0 Å². The van der Waals surface area contributed by atoms with Gasteiger partial charge in [-0.25, -0.2) is 0 Å². The Labute approximate surface area is 239 Å². The van der Waals surface area contributed by atoms with Gasteiger partial charge in [0.05, 0.1) is 0 Å². The molecule has 0 aromatic carbocycles. The fraction of sp³-hybridized carbons (Fsp3) is 1.00. The second-order valence-corrected chi connectivity index (χ2v) is 18.4. The van der Waals surface area contributed by atoms with Crippen LogP contribution in [0.4, 0.5) is 0 Å². The molecule has 0 saturated heterocycles. The molecule has 0 nitrogen and oxygen atoms in total. The lowest BCUT2D eigenvalue weighted by atomic mass is 9.31. The summed E-state index contributed by atoms with van der Waals surface area (Å²) in [5.41, 5.74) is 1.44. The molecule has 5 aliphatic carbocycles. The first kappa shape index (κ1) is 29.5. The van der Waals surface area contributed by atoms with E-state index >= 15 is 0 Å².